The van der Waals surface area contributed by atoms with Crippen LogP contribution in [0.5, 0.6) is 5.75 Å². The van der Waals surface area contributed by atoms with E-state index in [2.05, 4.69) is 10.1 Å². The molecule has 2 amide bonds. The molecule has 1 saturated heterocycles. The molecule has 1 unspecified atom stereocenters. The third-order valence-corrected chi connectivity index (χ3v) is 4.35. The van der Waals surface area contributed by atoms with Crippen LogP contribution >= 0.6 is 0 Å². The summed E-state index contributed by atoms with van der Waals surface area (Å²) >= 11 is 0. The van der Waals surface area contributed by atoms with E-state index in [-0.39, 0.29) is 37.8 Å². The average Bonchev–Trinajstić information content (AvgIpc) is 2.68. The molecule has 0 radical (unpaired) electrons. The van der Waals surface area contributed by atoms with Crippen molar-refractivity contribution in [1.82, 2.24) is 10.2 Å². The summed E-state index contributed by atoms with van der Waals surface area (Å²) in [6, 6.07) is 13.8. The van der Waals surface area contributed by atoms with Gasteiger partial charge in [0.05, 0.1) is 6.61 Å². The van der Waals surface area contributed by atoms with E-state index >= 15 is 0 Å². The second-order valence-corrected chi connectivity index (χ2v) is 6.41. The van der Waals surface area contributed by atoms with Crippen molar-refractivity contribution in [3.8, 4) is 5.75 Å². The Morgan fingerprint density at radius 2 is 1.83 bits per heavy atom. The van der Waals surface area contributed by atoms with Gasteiger partial charge < -0.3 is 19.7 Å². The maximum absolute atomic E-state index is 12.7. The van der Waals surface area contributed by atoms with Crippen LogP contribution in [0.4, 0.5) is 13.2 Å². The smallest absolute Gasteiger partial charge is 0.405 e. The van der Waals surface area contributed by atoms with Crippen LogP contribution in [0, 0.1) is 0 Å². The minimum atomic E-state index is -4.84. The van der Waals surface area contributed by atoms with Gasteiger partial charge in [0.25, 0.3) is 0 Å². The van der Waals surface area contributed by atoms with Gasteiger partial charge in [-0.05, 0) is 11.6 Å². The number of rotatable bonds is 6. The highest BCUT2D eigenvalue weighted by Crippen LogP contribution is 2.26. The first kappa shape index (κ1) is 20.7. The number of nitrogens with one attached hydrogen (secondary N) is 1. The summed E-state index contributed by atoms with van der Waals surface area (Å²) in [5.41, 5.74) is 1.01. The summed E-state index contributed by atoms with van der Waals surface area (Å²) in [6.07, 6.45) is -4.84. The Bertz CT molecular complexity index is 858. The molecule has 0 spiro atoms. The zero-order chi connectivity index (χ0) is 20.9. The molecule has 2 aromatic carbocycles. The molecule has 2 aromatic rings. The van der Waals surface area contributed by atoms with Gasteiger partial charge in [-0.15, -0.1) is 13.2 Å². The second kappa shape index (κ2) is 8.95. The van der Waals surface area contributed by atoms with Crippen molar-refractivity contribution in [1.29, 1.82) is 0 Å². The number of benzene rings is 2. The normalized spacial score (nSPS) is 17.1. The molecule has 1 aliphatic heterocycles. The monoisotopic (exact) mass is 408 g/mol. The van der Waals surface area contributed by atoms with Crippen LogP contribution in [0.2, 0.25) is 0 Å². The van der Waals surface area contributed by atoms with Gasteiger partial charge in [-0.3, -0.25) is 9.59 Å². The van der Waals surface area contributed by atoms with Crippen molar-refractivity contribution in [2.45, 2.75) is 25.5 Å². The zero-order valence-electron chi connectivity index (χ0n) is 15.3. The van der Waals surface area contributed by atoms with E-state index in [1.165, 1.54) is 23.1 Å². The number of hydrogen-bond donors (Lipinski definition) is 1. The fourth-order valence-corrected chi connectivity index (χ4v) is 2.97. The van der Waals surface area contributed by atoms with Crippen LogP contribution in [0.1, 0.15) is 11.1 Å². The number of hydrogen-bond acceptors (Lipinski definition) is 4. The summed E-state index contributed by atoms with van der Waals surface area (Å²) in [5, 5.41) is 2.57. The van der Waals surface area contributed by atoms with E-state index < -0.39 is 24.1 Å². The fourth-order valence-electron chi connectivity index (χ4n) is 2.97. The third-order valence-electron chi connectivity index (χ3n) is 4.35. The quantitative estimate of drug-likeness (QED) is 0.798. The molecular weight excluding hydrogens is 389 g/mol. The predicted molar refractivity (Wildman–Crippen MR) is 96.6 cm³/mol. The van der Waals surface area contributed by atoms with E-state index in [0.29, 0.717) is 0 Å². The largest absolute Gasteiger partial charge is 0.573 e. The predicted octanol–water partition coefficient (Wildman–Crippen LogP) is 2.63. The van der Waals surface area contributed by atoms with E-state index in [1.54, 1.807) is 6.07 Å². The third kappa shape index (κ3) is 5.71. The Morgan fingerprint density at radius 3 is 2.55 bits per heavy atom. The number of amides is 2. The van der Waals surface area contributed by atoms with E-state index in [4.69, 9.17) is 4.74 Å². The first-order valence-electron chi connectivity index (χ1n) is 8.86. The topological polar surface area (TPSA) is 67.9 Å². The lowest BCUT2D eigenvalue weighted by molar-refractivity contribution is -0.274. The first-order chi connectivity index (χ1) is 13.8. The Balaban J connectivity index is 1.68. The molecule has 29 heavy (non-hydrogen) atoms. The highest BCUT2D eigenvalue weighted by molar-refractivity contribution is 5.89. The molecule has 3 rings (SSSR count). The summed E-state index contributed by atoms with van der Waals surface area (Å²) in [5.74, 6) is -1.24. The molecule has 0 aliphatic carbocycles. The lowest BCUT2D eigenvalue weighted by Crippen LogP contribution is -2.55. The Labute approximate surface area is 165 Å². The van der Waals surface area contributed by atoms with Crippen LogP contribution in [0.3, 0.4) is 0 Å². The summed E-state index contributed by atoms with van der Waals surface area (Å²) in [6.45, 7) is -0.0756. The molecule has 1 atom stereocenters. The highest BCUT2D eigenvalue weighted by Gasteiger charge is 2.35. The number of para-hydroxylation sites is 1. The number of alkyl halides is 3. The van der Waals surface area contributed by atoms with Gasteiger partial charge in [0.2, 0.25) is 11.8 Å². The van der Waals surface area contributed by atoms with Gasteiger partial charge in [0.15, 0.2) is 0 Å². The van der Waals surface area contributed by atoms with Gasteiger partial charge in [0.1, 0.15) is 18.4 Å². The van der Waals surface area contributed by atoms with Gasteiger partial charge in [-0.1, -0.05) is 48.5 Å². The van der Waals surface area contributed by atoms with Crippen molar-refractivity contribution in [3.63, 3.8) is 0 Å². The van der Waals surface area contributed by atoms with Crippen molar-refractivity contribution >= 4 is 11.8 Å². The zero-order valence-corrected chi connectivity index (χ0v) is 15.3. The minimum absolute atomic E-state index is 0.00506. The molecule has 6 nitrogen and oxygen atoms in total. The second-order valence-electron chi connectivity index (χ2n) is 6.41. The molecule has 0 bridgehead atoms. The number of morpholine rings is 1. The van der Waals surface area contributed by atoms with Crippen LogP contribution in [0.25, 0.3) is 0 Å². The van der Waals surface area contributed by atoms with Crippen LogP contribution in [-0.4, -0.2) is 42.3 Å². The van der Waals surface area contributed by atoms with E-state index in [9.17, 15) is 22.8 Å². The van der Waals surface area contributed by atoms with E-state index in [1.807, 2.05) is 30.3 Å². The lowest BCUT2D eigenvalue weighted by Gasteiger charge is -2.34. The number of ether oxygens (including phenoxy) is 2. The van der Waals surface area contributed by atoms with Gasteiger partial charge in [-0.25, -0.2) is 0 Å². The minimum Gasteiger partial charge on any atom is -0.405 e. The Hall–Kier alpha value is -3.07. The number of carbonyl (C=O) groups excluding carboxylic acids is 2. The van der Waals surface area contributed by atoms with E-state index in [0.717, 1.165) is 5.56 Å². The average molecular weight is 408 g/mol. The number of nitrogens with zero attached hydrogens (tertiary/aromatic N) is 1. The molecule has 9 heteroatoms. The summed E-state index contributed by atoms with van der Waals surface area (Å²) < 4.78 is 46.8. The molecule has 0 saturated carbocycles. The molecule has 0 aromatic heterocycles. The van der Waals surface area contributed by atoms with Gasteiger partial charge in [-0.2, -0.15) is 0 Å². The van der Waals surface area contributed by atoms with Crippen molar-refractivity contribution in [2.75, 3.05) is 13.2 Å². The maximum atomic E-state index is 12.7. The highest BCUT2D eigenvalue weighted by atomic mass is 19.4. The standard InChI is InChI=1S/C20H19F3N2O4/c21-20(22,23)29-17-9-5-4-8-15(17)10-24-19(27)16-12-28-13-18(26)25(16)11-14-6-2-1-3-7-14/h1-9,16H,10-13H2,(H,24,27). The fraction of sp³-hybridized carbons (Fsp3) is 0.300. The molecule has 154 valence electrons. The SMILES string of the molecule is O=C(NCc1ccccc1OC(F)(F)F)C1COCC(=O)N1Cc1ccccc1. The van der Waals surface area contributed by atoms with Crippen molar-refractivity contribution < 1.29 is 32.2 Å². The molecule has 1 aliphatic rings. The number of halogens is 3. The maximum Gasteiger partial charge on any atom is 0.573 e. The van der Waals surface area contributed by atoms with Crippen molar-refractivity contribution in [3.05, 3.63) is 65.7 Å². The Morgan fingerprint density at radius 1 is 1.14 bits per heavy atom. The van der Waals surface area contributed by atoms with Crippen LogP contribution < -0.4 is 10.1 Å². The molecule has 1 fully saturated rings. The lowest BCUT2D eigenvalue weighted by atomic mass is 10.1. The van der Waals surface area contributed by atoms with Gasteiger partial charge in [0, 0.05) is 18.7 Å². The molecular formula is C20H19F3N2O4. The summed E-state index contributed by atoms with van der Waals surface area (Å²) in [7, 11) is 0. The van der Waals surface area contributed by atoms with Crippen LogP contribution in [0.15, 0.2) is 54.6 Å². The molecule has 1 N–H and O–H groups in total. The van der Waals surface area contributed by atoms with Crippen LogP contribution in [-0.2, 0) is 27.4 Å². The first-order valence-corrected chi connectivity index (χ1v) is 8.86. The molecule has 1 heterocycles. The summed E-state index contributed by atoms with van der Waals surface area (Å²) in [4.78, 5) is 26.3. The number of carbonyl (C=O) groups is 2. The Kier molecular flexibility index (Phi) is 6.38. The van der Waals surface area contributed by atoms with Crippen molar-refractivity contribution in [2.24, 2.45) is 0 Å². The van der Waals surface area contributed by atoms with Gasteiger partial charge >= 0.3 is 6.36 Å².